The summed E-state index contributed by atoms with van der Waals surface area (Å²) in [4.78, 5) is 39.7. The average molecular weight is 322 g/mol. The van der Waals surface area contributed by atoms with E-state index in [4.69, 9.17) is 5.11 Å². The SMILES string of the molecule is CCC(=O)N1CCCCC1C(=O)N1CCC2(CC1)CC2C(=O)O. The van der Waals surface area contributed by atoms with Crippen LogP contribution in [0.2, 0.25) is 0 Å². The normalized spacial score (nSPS) is 29.4. The minimum absolute atomic E-state index is 0.0599. The molecule has 6 nitrogen and oxygen atoms in total. The van der Waals surface area contributed by atoms with Gasteiger partial charge in [-0.25, -0.2) is 0 Å². The number of hydrogen-bond donors (Lipinski definition) is 1. The van der Waals surface area contributed by atoms with E-state index in [9.17, 15) is 14.4 Å². The average Bonchev–Trinajstić information content (AvgIpc) is 3.28. The van der Waals surface area contributed by atoms with Gasteiger partial charge in [-0.3, -0.25) is 14.4 Å². The van der Waals surface area contributed by atoms with Crippen LogP contribution in [-0.2, 0) is 14.4 Å². The van der Waals surface area contributed by atoms with Crippen LogP contribution in [-0.4, -0.2) is 58.4 Å². The molecular weight excluding hydrogens is 296 g/mol. The van der Waals surface area contributed by atoms with E-state index in [2.05, 4.69) is 0 Å². The van der Waals surface area contributed by atoms with Crippen LogP contribution in [0, 0.1) is 11.3 Å². The number of amides is 2. The maximum absolute atomic E-state index is 12.8. The molecule has 2 amide bonds. The first kappa shape index (κ1) is 16.3. The quantitative estimate of drug-likeness (QED) is 0.854. The van der Waals surface area contributed by atoms with Crippen LogP contribution in [0.3, 0.4) is 0 Å². The molecule has 0 aromatic rings. The van der Waals surface area contributed by atoms with Gasteiger partial charge in [-0.15, -0.1) is 0 Å². The van der Waals surface area contributed by atoms with Crippen molar-refractivity contribution < 1.29 is 19.5 Å². The smallest absolute Gasteiger partial charge is 0.307 e. The molecular formula is C17H26N2O4. The minimum Gasteiger partial charge on any atom is -0.481 e. The number of carboxylic acid groups (broad SMARTS) is 1. The highest BCUT2D eigenvalue weighted by molar-refractivity contribution is 5.88. The third-order valence-electron chi connectivity index (χ3n) is 5.97. The summed E-state index contributed by atoms with van der Waals surface area (Å²) in [7, 11) is 0. The van der Waals surface area contributed by atoms with Crippen LogP contribution in [0.1, 0.15) is 51.9 Å². The summed E-state index contributed by atoms with van der Waals surface area (Å²) in [6.45, 7) is 3.78. The van der Waals surface area contributed by atoms with E-state index in [0.717, 1.165) is 38.5 Å². The number of carbonyl (C=O) groups excluding carboxylic acids is 2. The second-order valence-corrected chi connectivity index (χ2v) is 7.23. The predicted octanol–water partition coefficient (Wildman–Crippen LogP) is 1.49. The van der Waals surface area contributed by atoms with Crippen LogP contribution in [0.5, 0.6) is 0 Å². The molecule has 128 valence electrons. The van der Waals surface area contributed by atoms with E-state index in [1.54, 1.807) is 4.90 Å². The lowest BCUT2D eigenvalue weighted by Gasteiger charge is -2.40. The first-order valence-corrected chi connectivity index (χ1v) is 8.79. The van der Waals surface area contributed by atoms with Crippen LogP contribution >= 0.6 is 0 Å². The van der Waals surface area contributed by atoms with Crippen molar-refractivity contribution in [1.29, 1.82) is 0 Å². The predicted molar refractivity (Wildman–Crippen MR) is 83.6 cm³/mol. The molecule has 2 saturated heterocycles. The van der Waals surface area contributed by atoms with Crippen LogP contribution in [0.4, 0.5) is 0 Å². The van der Waals surface area contributed by atoms with E-state index < -0.39 is 5.97 Å². The highest BCUT2D eigenvalue weighted by atomic mass is 16.4. The Morgan fingerprint density at radius 3 is 2.39 bits per heavy atom. The molecule has 3 rings (SSSR count). The summed E-state index contributed by atoms with van der Waals surface area (Å²) in [6.07, 6.45) is 5.47. The number of carboxylic acids is 1. The summed E-state index contributed by atoms with van der Waals surface area (Å²) >= 11 is 0. The molecule has 2 heterocycles. The van der Waals surface area contributed by atoms with Crippen LogP contribution in [0.15, 0.2) is 0 Å². The fourth-order valence-electron chi connectivity index (χ4n) is 4.32. The molecule has 3 aliphatic rings. The summed E-state index contributed by atoms with van der Waals surface area (Å²) in [5.74, 6) is -0.789. The topological polar surface area (TPSA) is 77.9 Å². The number of rotatable bonds is 3. The summed E-state index contributed by atoms with van der Waals surface area (Å²) < 4.78 is 0. The van der Waals surface area contributed by atoms with E-state index in [-0.39, 0.29) is 29.2 Å². The minimum atomic E-state index is -0.697. The van der Waals surface area contributed by atoms with Gasteiger partial charge < -0.3 is 14.9 Å². The molecule has 0 aromatic carbocycles. The summed E-state index contributed by atoms with van der Waals surface area (Å²) in [5.41, 5.74) is -0.0614. The van der Waals surface area contributed by atoms with Crippen LogP contribution in [0.25, 0.3) is 0 Å². The van der Waals surface area contributed by atoms with E-state index in [1.165, 1.54) is 0 Å². The van der Waals surface area contributed by atoms with Gasteiger partial charge in [0.1, 0.15) is 6.04 Å². The van der Waals surface area contributed by atoms with Gasteiger partial charge in [0.15, 0.2) is 0 Å². The number of aliphatic carboxylic acids is 1. The van der Waals surface area contributed by atoms with Crippen molar-refractivity contribution in [1.82, 2.24) is 9.80 Å². The van der Waals surface area contributed by atoms with Crippen molar-refractivity contribution in [2.24, 2.45) is 11.3 Å². The van der Waals surface area contributed by atoms with Crippen molar-refractivity contribution >= 4 is 17.8 Å². The highest BCUT2D eigenvalue weighted by Gasteiger charge is 2.59. The Kier molecular flexibility index (Phi) is 4.34. The molecule has 1 N–H and O–H groups in total. The first-order chi connectivity index (χ1) is 11.0. The van der Waals surface area contributed by atoms with E-state index >= 15 is 0 Å². The molecule has 2 atom stereocenters. The second-order valence-electron chi connectivity index (χ2n) is 7.23. The Bertz CT molecular complexity index is 511. The maximum Gasteiger partial charge on any atom is 0.307 e. The van der Waals surface area contributed by atoms with Crippen LogP contribution < -0.4 is 0 Å². The number of carbonyl (C=O) groups is 3. The van der Waals surface area contributed by atoms with Gasteiger partial charge in [-0.1, -0.05) is 6.92 Å². The van der Waals surface area contributed by atoms with Crippen molar-refractivity contribution in [3.8, 4) is 0 Å². The lowest BCUT2D eigenvalue weighted by molar-refractivity contribution is -0.148. The van der Waals surface area contributed by atoms with Gasteiger partial charge in [0.25, 0.3) is 0 Å². The van der Waals surface area contributed by atoms with Gasteiger partial charge in [0.05, 0.1) is 5.92 Å². The zero-order valence-corrected chi connectivity index (χ0v) is 13.8. The molecule has 6 heteroatoms. The molecule has 1 spiro atoms. The van der Waals surface area contributed by atoms with Gasteiger partial charge in [-0.05, 0) is 43.9 Å². The number of likely N-dealkylation sites (tertiary alicyclic amines) is 2. The van der Waals surface area contributed by atoms with E-state index in [1.807, 2.05) is 11.8 Å². The Hall–Kier alpha value is -1.59. The lowest BCUT2D eigenvalue weighted by atomic mass is 9.90. The van der Waals surface area contributed by atoms with Gasteiger partial charge in [0.2, 0.25) is 11.8 Å². The number of nitrogens with zero attached hydrogens (tertiary/aromatic N) is 2. The van der Waals surface area contributed by atoms with Gasteiger partial charge in [0, 0.05) is 26.1 Å². The fraction of sp³-hybridized carbons (Fsp3) is 0.824. The molecule has 2 unspecified atom stereocenters. The molecule has 3 fully saturated rings. The number of piperidine rings is 2. The van der Waals surface area contributed by atoms with Gasteiger partial charge in [-0.2, -0.15) is 0 Å². The Labute approximate surface area is 136 Å². The lowest BCUT2D eigenvalue weighted by Crippen LogP contribution is -2.54. The Morgan fingerprint density at radius 2 is 1.83 bits per heavy atom. The Morgan fingerprint density at radius 1 is 1.13 bits per heavy atom. The summed E-state index contributed by atoms with van der Waals surface area (Å²) in [6, 6.07) is -0.306. The molecule has 0 bridgehead atoms. The van der Waals surface area contributed by atoms with Gasteiger partial charge >= 0.3 is 5.97 Å². The second kappa shape index (κ2) is 6.13. The Balaban J connectivity index is 1.60. The monoisotopic (exact) mass is 322 g/mol. The molecule has 1 saturated carbocycles. The van der Waals surface area contributed by atoms with Crippen molar-refractivity contribution in [3.63, 3.8) is 0 Å². The number of hydrogen-bond acceptors (Lipinski definition) is 3. The third kappa shape index (κ3) is 2.95. The molecule has 0 aromatic heterocycles. The maximum atomic E-state index is 12.8. The van der Waals surface area contributed by atoms with Crippen molar-refractivity contribution in [2.45, 2.75) is 57.9 Å². The molecule has 0 radical (unpaired) electrons. The van der Waals surface area contributed by atoms with Crippen molar-refractivity contribution in [2.75, 3.05) is 19.6 Å². The fourth-order valence-corrected chi connectivity index (χ4v) is 4.32. The molecule has 2 aliphatic heterocycles. The first-order valence-electron chi connectivity index (χ1n) is 8.79. The van der Waals surface area contributed by atoms with E-state index in [0.29, 0.717) is 26.1 Å². The zero-order chi connectivity index (χ0) is 16.6. The zero-order valence-electron chi connectivity index (χ0n) is 13.8. The third-order valence-corrected chi connectivity index (χ3v) is 5.97. The van der Waals surface area contributed by atoms with Crippen molar-refractivity contribution in [3.05, 3.63) is 0 Å². The highest BCUT2D eigenvalue weighted by Crippen LogP contribution is 2.59. The standard InChI is InChI=1S/C17H26N2O4/c1-2-14(20)19-8-4-3-5-13(19)15(21)18-9-6-17(7-10-18)11-12(17)16(22)23/h12-13H,2-11H2,1H3,(H,22,23). The molecule has 1 aliphatic carbocycles. The largest absolute Gasteiger partial charge is 0.481 e. The summed E-state index contributed by atoms with van der Waals surface area (Å²) in [5, 5.41) is 9.15. The molecule has 23 heavy (non-hydrogen) atoms.